The highest BCUT2D eigenvalue weighted by molar-refractivity contribution is 5.83. The molecule has 3 aromatic carbocycles. The molecule has 4 rings (SSSR count). The van der Waals surface area contributed by atoms with Gasteiger partial charge in [0.25, 0.3) is 0 Å². The Labute approximate surface area is 141 Å². The number of hydrogen-bond donors (Lipinski definition) is 0. The average molecular weight is 313 g/mol. The highest BCUT2D eigenvalue weighted by Gasteiger charge is 2.07. The van der Waals surface area contributed by atoms with Crippen LogP contribution in [0.25, 0.3) is 27.8 Å². The predicted octanol–water partition coefficient (Wildman–Crippen LogP) is 4.76. The molecule has 0 spiro atoms. The summed E-state index contributed by atoms with van der Waals surface area (Å²) in [7, 11) is 4.11. The first kappa shape index (κ1) is 14.5. The third-order valence-electron chi connectivity index (χ3n) is 4.30. The minimum Gasteiger partial charge on any atom is -0.378 e. The van der Waals surface area contributed by atoms with Gasteiger partial charge in [-0.05, 0) is 47.5 Å². The molecule has 24 heavy (non-hydrogen) atoms. The van der Waals surface area contributed by atoms with Gasteiger partial charge in [-0.15, -0.1) is 0 Å². The fraction of sp³-hybridized carbons (Fsp3) is 0.0952. The lowest BCUT2D eigenvalue weighted by Crippen LogP contribution is -2.07. The van der Waals surface area contributed by atoms with Gasteiger partial charge in [0.15, 0.2) is 0 Å². The molecule has 3 nitrogen and oxygen atoms in total. The zero-order valence-corrected chi connectivity index (χ0v) is 13.8. The van der Waals surface area contributed by atoms with Gasteiger partial charge < -0.3 is 4.90 Å². The monoisotopic (exact) mass is 313 g/mol. The molecule has 118 valence electrons. The number of para-hydroxylation sites is 1. The molecular formula is C21H19N3. The van der Waals surface area contributed by atoms with Crippen LogP contribution in [-0.2, 0) is 0 Å². The maximum atomic E-state index is 4.58. The minimum absolute atomic E-state index is 1.01. The van der Waals surface area contributed by atoms with Crippen molar-refractivity contribution in [2.45, 2.75) is 0 Å². The topological polar surface area (TPSA) is 21.1 Å². The van der Waals surface area contributed by atoms with Crippen LogP contribution in [0.2, 0.25) is 0 Å². The van der Waals surface area contributed by atoms with Crippen LogP contribution in [0.4, 0.5) is 5.69 Å². The van der Waals surface area contributed by atoms with Crippen LogP contribution in [0.15, 0.2) is 79.1 Å². The number of hydrogen-bond acceptors (Lipinski definition) is 2. The molecule has 1 heterocycles. The van der Waals surface area contributed by atoms with Crippen LogP contribution in [0.5, 0.6) is 0 Å². The van der Waals surface area contributed by atoms with E-state index in [-0.39, 0.29) is 0 Å². The Morgan fingerprint density at radius 2 is 1.50 bits per heavy atom. The Morgan fingerprint density at radius 3 is 2.21 bits per heavy atom. The molecule has 0 bridgehead atoms. The number of rotatable bonds is 3. The van der Waals surface area contributed by atoms with Crippen LogP contribution >= 0.6 is 0 Å². The number of imidazole rings is 1. The van der Waals surface area contributed by atoms with E-state index < -0.39 is 0 Å². The van der Waals surface area contributed by atoms with Gasteiger partial charge in [0.2, 0.25) is 0 Å². The molecule has 0 radical (unpaired) electrons. The lowest BCUT2D eigenvalue weighted by atomic mass is 10.0. The summed E-state index contributed by atoms with van der Waals surface area (Å²) >= 11 is 0. The van der Waals surface area contributed by atoms with Gasteiger partial charge in [-0.1, -0.05) is 36.4 Å². The third kappa shape index (κ3) is 2.54. The maximum Gasteiger partial charge on any atom is 0.100 e. The highest BCUT2D eigenvalue weighted by atomic mass is 15.1. The van der Waals surface area contributed by atoms with Crippen molar-refractivity contribution in [1.29, 1.82) is 0 Å². The summed E-state index contributed by atoms with van der Waals surface area (Å²) in [6, 6.07) is 25.4. The van der Waals surface area contributed by atoms with Crippen LogP contribution in [-0.4, -0.2) is 23.6 Å². The quantitative estimate of drug-likeness (QED) is 0.544. The van der Waals surface area contributed by atoms with Gasteiger partial charge in [-0.2, -0.15) is 0 Å². The molecule has 0 saturated carbocycles. The molecule has 0 atom stereocenters. The normalized spacial score (nSPS) is 10.9. The fourth-order valence-electron chi connectivity index (χ4n) is 2.94. The number of benzene rings is 3. The van der Waals surface area contributed by atoms with Crippen molar-refractivity contribution in [3.05, 3.63) is 79.1 Å². The van der Waals surface area contributed by atoms with Crippen LogP contribution < -0.4 is 4.90 Å². The van der Waals surface area contributed by atoms with E-state index in [0.717, 1.165) is 16.7 Å². The molecule has 0 aliphatic rings. The summed E-state index contributed by atoms with van der Waals surface area (Å²) in [6.07, 6.45) is 1.89. The van der Waals surface area contributed by atoms with Crippen molar-refractivity contribution in [3.8, 4) is 16.8 Å². The number of anilines is 1. The van der Waals surface area contributed by atoms with E-state index in [2.05, 4.69) is 83.1 Å². The van der Waals surface area contributed by atoms with Crippen molar-refractivity contribution in [2.24, 2.45) is 0 Å². The van der Waals surface area contributed by atoms with Gasteiger partial charge >= 0.3 is 0 Å². The predicted molar refractivity (Wildman–Crippen MR) is 101 cm³/mol. The SMILES string of the molecule is CN(C)c1ccc(-c2ccc3c(c2)ncn3-c2ccccc2)cc1. The van der Waals surface area contributed by atoms with E-state index in [0.29, 0.717) is 0 Å². The van der Waals surface area contributed by atoms with Gasteiger partial charge in [0.05, 0.1) is 11.0 Å². The van der Waals surface area contributed by atoms with Crippen molar-refractivity contribution >= 4 is 16.7 Å². The summed E-state index contributed by atoms with van der Waals surface area (Å²) in [5.41, 5.74) is 6.85. The van der Waals surface area contributed by atoms with E-state index in [1.807, 2.05) is 24.5 Å². The Morgan fingerprint density at radius 1 is 0.792 bits per heavy atom. The lowest BCUT2D eigenvalue weighted by molar-refractivity contribution is 1.09. The highest BCUT2D eigenvalue weighted by Crippen LogP contribution is 2.26. The molecule has 0 N–H and O–H groups in total. The van der Waals surface area contributed by atoms with Crippen molar-refractivity contribution in [3.63, 3.8) is 0 Å². The molecule has 0 fully saturated rings. The summed E-state index contributed by atoms with van der Waals surface area (Å²) in [6.45, 7) is 0. The van der Waals surface area contributed by atoms with Crippen molar-refractivity contribution in [2.75, 3.05) is 19.0 Å². The molecule has 0 aliphatic carbocycles. The summed E-state index contributed by atoms with van der Waals surface area (Å²) in [5, 5.41) is 0. The largest absolute Gasteiger partial charge is 0.378 e. The van der Waals surface area contributed by atoms with E-state index in [1.54, 1.807) is 0 Å². The number of fused-ring (bicyclic) bond motifs is 1. The first-order valence-electron chi connectivity index (χ1n) is 8.03. The first-order valence-corrected chi connectivity index (χ1v) is 8.03. The molecular weight excluding hydrogens is 294 g/mol. The second kappa shape index (κ2) is 5.85. The second-order valence-electron chi connectivity index (χ2n) is 6.09. The Balaban J connectivity index is 1.74. The van der Waals surface area contributed by atoms with E-state index >= 15 is 0 Å². The Bertz CT molecular complexity index is 967. The molecule has 0 unspecified atom stereocenters. The summed E-state index contributed by atoms with van der Waals surface area (Å²) in [4.78, 5) is 6.69. The zero-order valence-electron chi connectivity index (χ0n) is 13.8. The Hall–Kier alpha value is -3.07. The molecule has 4 aromatic rings. The smallest absolute Gasteiger partial charge is 0.100 e. The summed E-state index contributed by atoms with van der Waals surface area (Å²) < 4.78 is 2.12. The maximum absolute atomic E-state index is 4.58. The third-order valence-corrected chi connectivity index (χ3v) is 4.30. The van der Waals surface area contributed by atoms with Gasteiger partial charge in [0, 0.05) is 25.5 Å². The standard InChI is InChI=1S/C21H19N3/c1-23(2)18-11-8-16(9-12-18)17-10-13-21-20(14-17)22-15-24(21)19-6-4-3-5-7-19/h3-15H,1-2H3. The number of nitrogens with zero attached hydrogens (tertiary/aromatic N) is 3. The average Bonchev–Trinajstić information content (AvgIpc) is 3.05. The zero-order chi connectivity index (χ0) is 16.5. The van der Waals surface area contributed by atoms with Crippen LogP contribution in [0.3, 0.4) is 0 Å². The number of aromatic nitrogens is 2. The van der Waals surface area contributed by atoms with Gasteiger partial charge in [-0.25, -0.2) is 4.98 Å². The molecule has 0 saturated heterocycles. The summed E-state index contributed by atoms with van der Waals surface area (Å²) in [5.74, 6) is 0. The lowest BCUT2D eigenvalue weighted by Gasteiger charge is -2.12. The fourth-order valence-corrected chi connectivity index (χ4v) is 2.94. The van der Waals surface area contributed by atoms with Crippen molar-refractivity contribution in [1.82, 2.24) is 9.55 Å². The van der Waals surface area contributed by atoms with Crippen LogP contribution in [0, 0.1) is 0 Å². The first-order chi connectivity index (χ1) is 11.7. The van der Waals surface area contributed by atoms with Gasteiger partial charge in [0.1, 0.15) is 6.33 Å². The minimum atomic E-state index is 1.01. The van der Waals surface area contributed by atoms with E-state index in [1.165, 1.54) is 16.8 Å². The molecule has 1 aromatic heterocycles. The van der Waals surface area contributed by atoms with E-state index in [4.69, 9.17) is 0 Å². The molecule has 0 amide bonds. The van der Waals surface area contributed by atoms with Crippen LogP contribution in [0.1, 0.15) is 0 Å². The Kier molecular flexibility index (Phi) is 3.54. The molecule has 0 aliphatic heterocycles. The molecule has 3 heteroatoms. The second-order valence-corrected chi connectivity index (χ2v) is 6.09. The van der Waals surface area contributed by atoms with Gasteiger partial charge in [-0.3, -0.25) is 4.57 Å². The van der Waals surface area contributed by atoms with E-state index in [9.17, 15) is 0 Å². The van der Waals surface area contributed by atoms with Crippen molar-refractivity contribution < 1.29 is 0 Å².